The van der Waals surface area contributed by atoms with E-state index in [4.69, 9.17) is 0 Å². The minimum atomic E-state index is -4.46. The summed E-state index contributed by atoms with van der Waals surface area (Å²) in [6.45, 7) is -0.670. The SMILES string of the molecule is O=c1c(Br)c(NCC2CCC2)cnn1CC(F)(F)F. The van der Waals surface area contributed by atoms with Gasteiger partial charge in [0.2, 0.25) is 0 Å². The van der Waals surface area contributed by atoms with Crippen molar-refractivity contribution in [1.82, 2.24) is 9.78 Å². The van der Waals surface area contributed by atoms with Crippen molar-refractivity contribution < 1.29 is 13.2 Å². The van der Waals surface area contributed by atoms with Crippen LogP contribution in [0.15, 0.2) is 15.5 Å². The van der Waals surface area contributed by atoms with Crippen LogP contribution in [0, 0.1) is 5.92 Å². The van der Waals surface area contributed by atoms with E-state index in [1.54, 1.807) is 0 Å². The van der Waals surface area contributed by atoms with Crippen LogP contribution in [-0.2, 0) is 6.54 Å². The van der Waals surface area contributed by atoms with E-state index in [0.29, 0.717) is 22.8 Å². The molecule has 1 fully saturated rings. The molecule has 19 heavy (non-hydrogen) atoms. The summed E-state index contributed by atoms with van der Waals surface area (Å²) in [5.74, 6) is 0.574. The normalized spacial score (nSPS) is 16.2. The Kier molecular flexibility index (Phi) is 4.17. The number of nitrogens with one attached hydrogen (secondary N) is 1. The molecule has 0 atom stereocenters. The maximum atomic E-state index is 12.2. The largest absolute Gasteiger partial charge is 0.408 e. The van der Waals surface area contributed by atoms with Crippen molar-refractivity contribution in [1.29, 1.82) is 0 Å². The zero-order valence-corrected chi connectivity index (χ0v) is 11.6. The second-order valence-electron chi connectivity index (χ2n) is 4.63. The maximum absolute atomic E-state index is 12.2. The summed E-state index contributed by atoms with van der Waals surface area (Å²) < 4.78 is 37.2. The Morgan fingerprint density at radius 3 is 2.68 bits per heavy atom. The molecule has 0 aliphatic heterocycles. The number of nitrogens with zero attached hydrogens (tertiary/aromatic N) is 2. The molecule has 1 heterocycles. The third-order valence-corrected chi connectivity index (χ3v) is 3.89. The third kappa shape index (κ3) is 3.71. The molecule has 0 bridgehead atoms. The maximum Gasteiger partial charge on any atom is 0.408 e. The molecule has 106 valence electrons. The lowest BCUT2D eigenvalue weighted by molar-refractivity contribution is -0.143. The zero-order chi connectivity index (χ0) is 14.0. The number of anilines is 1. The summed E-state index contributed by atoms with van der Waals surface area (Å²) in [4.78, 5) is 11.7. The lowest BCUT2D eigenvalue weighted by atomic mass is 9.85. The standard InChI is InChI=1S/C11H13BrF3N3O/c12-9-8(16-4-7-2-1-3-7)5-17-18(10(9)19)6-11(13,14)15/h5,7,16H,1-4,6H2. The Morgan fingerprint density at radius 2 is 2.16 bits per heavy atom. The molecule has 0 spiro atoms. The fourth-order valence-corrected chi connectivity index (χ4v) is 2.27. The van der Waals surface area contributed by atoms with Gasteiger partial charge in [0.1, 0.15) is 11.0 Å². The fraction of sp³-hybridized carbons (Fsp3) is 0.636. The Balaban J connectivity index is 2.10. The number of hydrogen-bond acceptors (Lipinski definition) is 3. The van der Waals surface area contributed by atoms with E-state index in [1.807, 2.05) is 0 Å². The number of halogens is 4. The van der Waals surface area contributed by atoms with Gasteiger partial charge in [-0.2, -0.15) is 18.3 Å². The first-order valence-electron chi connectivity index (χ1n) is 5.93. The van der Waals surface area contributed by atoms with Gasteiger partial charge in [0.25, 0.3) is 5.56 Å². The van der Waals surface area contributed by atoms with E-state index in [2.05, 4.69) is 26.3 Å². The summed E-state index contributed by atoms with van der Waals surface area (Å²) in [6, 6.07) is 0. The molecule has 1 aliphatic rings. The van der Waals surface area contributed by atoms with Gasteiger partial charge in [0.05, 0.1) is 11.9 Å². The van der Waals surface area contributed by atoms with Crippen LogP contribution in [0.25, 0.3) is 0 Å². The molecule has 0 amide bonds. The molecule has 1 N–H and O–H groups in total. The molecule has 1 saturated carbocycles. The van der Waals surface area contributed by atoms with Gasteiger partial charge in [-0.1, -0.05) is 6.42 Å². The van der Waals surface area contributed by atoms with Crippen LogP contribution in [0.3, 0.4) is 0 Å². The number of aromatic nitrogens is 2. The predicted octanol–water partition coefficient (Wildman–Crippen LogP) is 2.78. The van der Waals surface area contributed by atoms with Gasteiger partial charge in [0, 0.05) is 6.54 Å². The fourth-order valence-electron chi connectivity index (χ4n) is 1.82. The highest BCUT2D eigenvalue weighted by atomic mass is 79.9. The Labute approximate surface area is 116 Å². The summed E-state index contributed by atoms with van der Waals surface area (Å²) in [5, 5.41) is 6.58. The van der Waals surface area contributed by atoms with Crippen LogP contribution in [-0.4, -0.2) is 22.5 Å². The molecule has 1 aromatic heterocycles. The van der Waals surface area contributed by atoms with Crippen LogP contribution in [0.4, 0.5) is 18.9 Å². The van der Waals surface area contributed by atoms with E-state index < -0.39 is 18.3 Å². The first-order chi connectivity index (χ1) is 8.87. The lowest BCUT2D eigenvalue weighted by Gasteiger charge is -2.26. The number of hydrogen-bond donors (Lipinski definition) is 1. The number of alkyl halides is 3. The number of rotatable bonds is 4. The first kappa shape index (κ1) is 14.4. The highest BCUT2D eigenvalue weighted by Gasteiger charge is 2.29. The van der Waals surface area contributed by atoms with Gasteiger partial charge < -0.3 is 5.32 Å². The van der Waals surface area contributed by atoms with Crippen molar-refractivity contribution in [3.63, 3.8) is 0 Å². The summed E-state index contributed by atoms with van der Waals surface area (Å²) in [5.41, 5.74) is -0.341. The van der Waals surface area contributed by atoms with Crippen molar-refractivity contribution in [2.45, 2.75) is 32.0 Å². The molecule has 0 unspecified atom stereocenters. The average Bonchev–Trinajstić information content (AvgIpc) is 2.24. The smallest absolute Gasteiger partial charge is 0.382 e. The van der Waals surface area contributed by atoms with Crippen LogP contribution in [0.2, 0.25) is 0 Å². The van der Waals surface area contributed by atoms with Gasteiger partial charge in [-0.15, -0.1) is 0 Å². The Morgan fingerprint density at radius 1 is 1.47 bits per heavy atom. The van der Waals surface area contributed by atoms with E-state index in [0.717, 1.165) is 12.8 Å². The molecule has 1 aliphatic carbocycles. The van der Waals surface area contributed by atoms with E-state index in [1.165, 1.54) is 12.6 Å². The van der Waals surface area contributed by atoms with Gasteiger partial charge in [-0.3, -0.25) is 4.79 Å². The van der Waals surface area contributed by atoms with Gasteiger partial charge >= 0.3 is 6.18 Å². The molecular weight excluding hydrogens is 327 g/mol. The summed E-state index contributed by atoms with van der Waals surface area (Å²) >= 11 is 3.03. The Bertz CT molecular complexity index is 511. The van der Waals surface area contributed by atoms with E-state index in [-0.39, 0.29) is 4.47 Å². The van der Waals surface area contributed by atoms with Crippen LogP contribution < -0.4 is 10.9 Å². The highest BCUT2D eigenvalue weighted by Crippen LogP contribution is 2.27. The quantitative estimate of drug-likeness (QED) is 0.917. The molecule has 0 radical (unpaired) electrons. The second-order valence-corrected chi connectivity index (χ2v) is 5.42. The minimum Gasteiger partial charge on any atom is -0.382 e. The van der Waals surface area contributed by atoms with Gasteiger partial charge in [-0.25, -0.2) is 4.68 Å². The zero-order valence-electron chi connectivity index (χ0n) is 10.0. The first-order valence-corrected chi connectivity index (χ1v) is 6.72. The Hall–Kier alpha value is -1.05. The van der Waals surface area contributed by atoms with Crippen LogP contribution in [0.1, 0.15) is 19.3 Å². The molecule has 1 aromatic rings. The predicted molar refractivity (Wildman–Crippen MR) is 68.1 cm³/mol. The lowest BCUT2D eigenvalue weighted by Crippen LogP contribution is -2.31. The minimum absolute atomic E-state index is 0.0890. The van der Waals surface area contributed by atoms with Gasteiger partial charge in [0.15, 0.2) is 0 Å². The van der Waals surface area contributed by atoms with Crippen LogP contribution >= 0.6 is 15.9 Å². The molecule has 0 aromatic carbocycles. The summed E-state index contributed by atoms with van der Waals surface area (Å²) in [6.07, 6.45) is 0.276. The average molecular weight is 340 g/mol. The van der Waals surface area contributed by atoms with E-state index >= 15 is 0 Å². The topological polar surface area (TPSA) is 46.9 Å². The third-order valence-electron chi connectivity index (χ3n) is 3.12. The molecule has 2 rings (SSSR count). The van der Waals surface area contributed by atoms with E-state index in [9.17, 15) is 18.0 Å². The van der Waals surface area contributed by atoms with Crippen molar-refractivity contribution >= 4 is 21.6 Å². The van der Waals surface area contributed by atoms with Crippen molar-refractivity contribution in [3.8, 4) is 0 Å². The molecule has 4 nitrogen and oxygen atoms in total. The summed E-state index contributed by atoms with van der Waals surface area (Å²) in [7, 11) is 0. The van der Waals surface area contributed by atoms with Gasteiger partial charge in [-0.05, 0) is 34.7 Å². The molecule has 0 saturated heterocycles. The van der Waals surface area contributed by atoms with Crippen molar-refractivity contribution in [3.05, 3.63) is 21.0 Å². The second kappa shape index (κ2) is 5.52. The van der Waals surface area contributed by atoms with Crippen molar-refractivity contribution in [2.75, 3.05) is 11.9 Å². The molecule has 8 heteroatoms. The highest BCUT2D eigenvalue weighted by molar-refractivity contribution is 9.10. The molecular formula is C11H13BrF3N3O. The van der Waals surface area contributed by atoms with Crippen molar-refractivity contribution in [2.24, 2.45) is 5.92 Å². The van der Waals surface area contributed by atoms with Crippen LogP contribution in [0.5, 0.6) is 0 Å². The monoisotopic (exact) mass is 339 g/mol.